The first-order valence-electron chi connectivity index (χ1n) is 18.3. The summed E-state index contributed by atoms with van der Waals surface area (Å²) >= 11 is 0. The predicted molar refractivity (Wildman–Crippen MR) is 185 cm³/mol. The Kier molecular flexibility index (Phi) is 24.2. The summed E-state index contributed by atoms with van der Waals surface area (Å²) in [7, 11) is -1.94. The molecule has 0 bridgehead atoms. The first kappa shape index (κ1) is 38.4. The molecule has 0 aromatic heterocycles. The van der Waals surface area contributed by atoms with Crippen LogP contribution in [0.3, 0.4) is 0 Å². The van der Waals surface area contributed by atoms with Crippen LogP contribution in [0, 0.1) is 5.92 Å². The number of rotatable bonds is 29. The summed E-state index contributed by atoms with van der Waals surface area (Å²) in [4.78, 5) is 0. The minimum absolute atomic E-state index is 0.177. The van der Waals surface area contributed by atoms with Crippen LogP contribution in [0.15, 0.2) is 24.3 Å². The predicted octanol–water partition coefficient (Wildman–Crippen LogP) is 14.0. The van der Waals surface area contributed by atoms with Crippen molar-refractivity contribution in [1.82, 2.24) is 0 Å². The average Bonchev–Trinajstić information content (AvgIpc) is 2.98. The van der Waals surface area contributed by atoms with Gasteiger partial charge in [0.25, 0.3) is 0 Å². The molecule has 0 aliphatic heterocycles. The van der Waals surface area contributed by atoms with Gasteiger partial charge >= 0.3 is 0 Å². The molecule has 1 rings (SSSR count). The molecule has 0 spiro atoms. The number of phenolic OH excluding ortho intramolecular Hbond substituents is 1. The normalized spacial score (nSPS) is 13.5. The number of unbranched alkanes of at least 4 members (excludes halogenated alkanes) is 18. The SMILES string of the molecule is CCCCCCCCCCCCC(CCCCCC)C(CCCCCC)(CCCCCC)P(F)c1ccccc1O. The summed E-state index contributed by atoms with van der Waals surface area (Å²) in [5.41, 5.74) is 0. The Hall–Kier alpha value is -0.620. The third kappa shape index (κ3) is 16.1. The summed E-state index contributed by atoms with van der Waals surface area (Å²) in [6.45, 7) is 9.11. The molecule has 0 saturated carbocycles. The van der Waals surface area contributed by atoms with Gasteiger partial charge in [0.15, 0.2) is 0 Å². The average molecular weight is 593 g/mol. The first-order valence-corrected chi connectivity index (χ1v) is 19.5. The number of phenols is 1. The van der Waals surface area contributed by atoms with Gasteiger partial charge in [-0.15, -0.1) is 0 Å². The van der Waals surface area contributed by atoms with Gasteiger partial charge in [-0.3, -0.25) is 0 Å². The number of hydrogen-bond acceptors (Lipinski definition) is 1. The Morgan fingerprint density at radius 2 is 0.927 bits per heavy atom. The summed E-state index contributed by atoms with van der Waals surface area (Å²) in [6.07, 6.45) is 32.4. The molecule has 1 aromatic carbocycles. The second-order valence-electron chi connectivity index (χ2n) is 13.0. The minimum Gasteiger partial charge on any atom is -0.507 e. The number of para-hydroxylation sites is 1. The lowest BCUT2D eigenvalue weighted by atomic mass is 9.77. The fourth-order valence-electron chi connectivity index (χ4n) is 6.85. The summed E-state index contributed by atoms with van der Waals surface area (Å²) in [6, 6.07) is 7.38. The Morgan fingerprint density at radius 3 is 1.37 bits per heavy atom. The van der Waals surface area contributed by atoms with Crippen LogP contribution >= 0.6 is 8.23 Å². The van der Waals surface area contributed by atoms with Crippen LogP contribution in [0.2, 0.25) is 0 Å². The first-order chi connectivity index (χ1) is 20.1. The van der Waals surface area contributed by atoms with Crippen LogP contribution in [0.1, 0.15) is 195 Å². The van der Waals surface area contributed by atoms with E-state index in [-0.39, 0.29) is 10.9 Å². The molecule has 1 aromatic rings. The molecule has 0 saturated heterocycles. The fraction of sp³-hybridized carbons (Fsp3) is 0.842. The highest BCUT2D eigenvalue weighted by Gasteiger charge is 2.46. The van der Waals surface area contributed by atoms with E-state index in [1.165, 1.54) is 135 Å². The van der Waals surface area contributed by atoms with Crippen LogP contribution in [0.25, 0.3) is 0 Å². The summed E-state index contributed by atoms with van der Waals surface area (Å²) in [5, 5.41) is 11.1. The lowest BCUT2D eigenvalue weighted by molar-refractivity contribution is 0.260. The fourth-order valence-corrected chi connectivity index (χ4v) is 9.11. The van der Waals surface area contributed by atoms with Crippen molar-refractivity contribution in [2.24, 2.45) is 5.92 Å². The molecule has 0 aliphatic carbocycles. The van der Waals surface area contributed by atoms with Crippen LogP contribution in [0.4, 0.5) is 4.20 Å². The molecule has 0 amide bonds. The van der Waals surface area contributed by atoms with Gasteiger partial charge in [0.1, 0.15) is 14.0 Å². The molecular formula is C38H70FOP. The molecule has 0 aliphatic rings. The highest BCUT2D eigenvalue weighted by Crippen LogP contribution is 2.62. The van der Waals surface area contributed by atoms with Crippen molar-refractivity contribution in [3.8, 4) is 5.75 Å². The molecule has 0 radical (unpaired) electrons. The second kappa shape index (κ2) is 25.8. The largest absolute Gasteiger partial charge is 0.507 e. The lowest BCUT2D eigenvalue weighted by Crippen LogP contribution is -2.38. The molecule has 41 heavy (non-hydrogen) atoms. The number of hydrogen-bond donors (Lipinski definition) is 1. The van der Waals surface area contributed by atoms with Gasteiger partial charge in [-0.1, -0.05) is 181 Å². The Bertz CT molecular complexity index is 695. The van der Waals surface area contributed by atoms with Crippen molar-refractivity contribution < 1.29 is 9.30 Å². The molecule has 1 nitrogen and oxygen atoms in total. The maximum atomic E-state index is 17.3. The van der Waals surface area contributed by atoms with E-state index in [9.17, 15) is 5.11 Å². The van der Waals surface area contributed by atoms with Gasteiger partial charge in [0, 0.05) is 10.5 Å². The number of benzene rings is 1. The van der Waals surface area contributed by atoms with Crippen LogP contribution in [0.5, 0.6) is 5.75 Å². The van der Waals surface area contributed by atoms with E-state index in [1.807, 2.05) is 18.2 Å². The van der Waals surface area contributed by atoms with Crippen molar-refractivity contribution in [3.05, 3.63) is 24.3 Å². The quantitative estimate of drug-likeness (QED) is 0.0724. The maximum Gasteiger partial charge on any atom is 0.125 e. The summed E-state index contributed by atoms with van der Waals surface area (Å²) in [5.74, 6) is 0.601. The van der Waals surface area contributed by atoms with Crippen molar-refractivity contribution in [3.63, 3.8) is 0 Å². The second-order valence-corrected chi connectivity index (χ2v) is 14.9. The molecule has 240 valence electrons. The van der Waals surface area contributed by atoms with Gasteiger partial charge in [0.2, 0.25) is 0 Å². The van der Waals surface area contributed by atoms with Gasteiger partial charge < -0.3 is 5.11 Å². The van der Waals surface area contributed by atoms with E-state index in [0.717, 1.165) is 32.1 Å². The third-order valence-electron chi connectivity index (χ3n) is 9.48. The zero-order chi connectivity index (χ0) is 30.0. The van der Waals surface area contributed by atoms with E-state index in [4.69, 9.17) is 0 Å². The van der Waals surface area contributed by atoms with E-state index >= 15 is 4.20 Å². The topological polar surface area (TPSA) is 20.2 Å². The lowest BCUT2D eigenvalue weighted by Gasteiger charge is -2.44. The van der Waals surface area contributed by atoms with Gasteiger partial charge in [-0.2, -0.15) is 0 Å². The standard InChI is InChI=1S/C38H70FOP/c1-5-9-13-17-18-19-20-21-22-24-30-35(29-23-14-10-6-2)38(33-27-15-11-7-3,34-28-16-12-8-4)41(39)37-32-26-25-31-36(37)40/h25-26,31-32,35,40H,5-24,27-30,33-34H2,1-4H3. The summed E-state index contributed by atoms with van der Waals surface area (Å²) < 4.78 is 17.3. The van der Waals surface area contributed by atoms with Crippen molar-refractivity contribution in [2.45, 2.75) is 200 Å². The molecule has 2 unspecified atom stereocenters. The maximum absolute atomic E-state index is 17.3. The number of halogens is 1. The molecule has 3 heteroatoms. The minimum atomic E-state index is -1.94. The number of aromatic hydroxyl groups is 1. The smallest absolute Gasteiger partial charge is 0.125 e. The highest BCUT2D eigenvalue weighted by atomic mass is 31.2. The monoisotopic (exact) mass is 593 g/mol. The van der Waals surface area contributed by atoms with Crippen LogP contribution in [-0.4, -0.2) is 10.3 Å². The van der Waals surface area contributed by atoms with Crippen molar-refractivity contribution >= 4 is 13.5 Å². The highest BCUT2D eigenvalue weighted by molar-refractivity contribution is 7.62. The van der Waals surface area contributed by atoms with E-state index < -0.39 is 8.23 Å². The third-order valence-corrected chi connectivity index (χ3v) is 11.9. The van der Waals surface area contributed by atoms with E-state index in [0.29, 0.717) is 11.2 Å². The van der Waals surface area contributed by atoms with Gasteiger partial charge in [-0.05, 0) is 43.7 Å². The molecular weight excluding hydrogens is 522 g/mol. The van der Waals surface area contributed by atoms with E-state index in [2.05, 4.69) is 27.7 Å². The molecule has 1 N–H and O–H groups in total. The Morgan fingerprint density at radius 1 is 0.561 bits per heavy atom. The van der Waals surface area contributed by atoms with Crippen LogP contribution < -0.4 is 5.30 Å². The van der Waals surface area contributed by atoms with Crippen molar-refractivity contribution in [2.75, 3.05) is 0 Å². The van der Waals surface area contributed by atoms with Gasteiger partial charge in [0.05, 0.1) is 0 Å². The molecule has 2 atom stereocenters. The van der Waals surface area contributed by atoms with Gasteiger partial charge in [-0.25, -0.2) is 4.20 Å². The zero-order valence-corrected chi connectivity index (χ0v) is 28.9. The Balaban J connectivity index is 3.11. The molecule has 0 fully saturated rings. The van der Waals surface area contributed by atoms with E-state index in [1.54, 1.807) is 6.07 Å². The van der Waals surface area contributed by atoms with Crippen LogP contribution in [-0.2, 0) is 0 Å². The zero-order valence-electron chi connectivity index (χ0n) is 28.0. The Labute approximate surface area is 258 Å². The molecule has 0 heterocycles. The van der Waals surface area contributed by atoms with Crippen molar-refractivity contribution in [1.29, 1.82) is 0 Å².